The standard InChI is InChI=1S/C19H21N5O4/c1-13(25)23-6-8-24(9-7-23)17-12-20-16(11-21-17)18(26)22-15-5-3-4-14(10-15)19(27)28-2/h3-5,10-12H,6-9H2,1-2H3,(H,22,26). The van der Waals surface area contributed by atoms with E-state index in [9.17, 15) is 14.4 Å². The molecule has 1 N–H and O–H groups in total. The third kappa shape index (κ3) is 4.43. The number of benzene rings is 1. The lowest BCUT2D eigenvalue weighted by molar-refractivity contribution is -0.129. The summed E-state index contributed by atoms with van der Waals surface area (Å²) in [7, 11) is 1.30. The van der Waals surface area contributed by atoms with E-state index in [-0.39, 0.29) is 11.6 Å². The summed E-state index contributed by atoms with van der Waals surface area (Å²) in [5.74, 6) is -0.186. The Bertz CT molecular complexity index is 876. The molecule has 1 aromatic heterocycles. The van der Waals surface area contributed by atoms with E-state index in [1.54, 1.807) is 36.2 Å². The number of hydrogen-bond donors (Lipinski definition) is 1. The predicted molar refractivity (Wildman–Crippen MR) is 102 cm³/mol. The molecule has 0 bridgehead atoms. The number of piperazine rings is 1. The molecular weight excluding hydrogens is 362 g/mol. The molecule has 0 saturated carbocycles. The average molecular weight is 383 g/mol. The number of nitrogens with one attached hydrogen (secondary N) is 1. The van der Waals surface area contributed by atoms with Gasteiger partial charge < -0.3 is 19.9 Å². The van der Waals surface area contributed by atoms with E-state index in [0.717, 1.165) is 0 Å². The number of aromatic nitrogens is 2. The number of carbonyl (C=O) groups excluding carboxylic acids is 3. The van der Waals surface area contributed by atoms with E-state index < -0.39 is 11.9 Å². The van der Waals surface area contributed by atoms with E-state index in [4.69, 9.17) is 0 Å². The fourth-order valence-electron chi connectivity index (χ4n) is 2.89. The van der Waals surface area contributed by atoms with Gasteiger partial charge in [-0.3, -0.25) is 9.59 Å². The van der Waals surface area contributed by atoms with Crippen LogP contribution in [0.1, 0.15) is 27.8 Å². The maximum atomic E-state index is 12.4. The molecule has 0 atom stereocenters. The molecule has 9 heteroatoms. The Hall–Kier alpha value is -3.49. The molecule has 2 heterocycles. The van der Waals surface area contributed by atoms with E-state index in [1.807, 2.05) is 4.90 Å². The number of nitrogens with zero attached hydrogens (tertiary/aromatic N) is 4. The lowest BCUT2D eigenvalue weighted by Gasteiger charge is -2.34. The molecule has 3 rings (SSSR count). The number of hydrogen-bond acceptors (Lipinski definition) is 7. The Balaban J connectivity index is 1.63. The molecule has 1 saturated heterocycles. The normalized spacial score (nSPS) is 13.8. The molecule has 28 heavy (non-hydrogen) atoms. The summed E-state index contributed by atoms with van der Waals surface area (Å²) in [5.41, 5.74) is 0.958. The van der Waals surface area contributed by atoms with Gasteiger partial charge in [-0.25, -0.2) is 14.8 Å². The average Bonchev–Trinajstić information content (AvgIpc) is 2.73. The van der Waals surface area contributed by atoms with Crippen molar-refractivity contribution >= 4 is 29.3 Å². The van der Waals surface area contributed by atoms with Crippen molar-refractivity contribution in [3.8, 4) is 0 Å². The largest absolute Gasteiger partial charge is 0.465 e. The third-order valence-corrected chi connectivity index (χ3v) is 4.46. The van der Waals surface area contributed by atoms with E-state index in [0.29, 0.717) is 43.2 Å². The van der Waals surface area contributed by atoms with Gasteiger partial charge in [0.15, 0.2) is 0 Å². The molecule has 1 aliphatic heterocycles. The predicted octanol–water partition coefficient (Wildman–Crippen LogP) is 1.18. The molecule has 146 valence electrons. The summed E-state index contributed by atoms with van der Waals surface area (Å²) >= 11 is 0. The number of esters is 1. The van der Waals surface area contributed by atoms with Gasteiger partial charge in [-0.1, -0.05) is 6.07 Å². The van der Waals surface area contributed by atoms with Gasteiger partial charge in [0.2, 0.25) is 5.91 Å². The van der Waals surface area contributed by atoms with Crippen LogP contribution in [0.3, 0.4) is 0 Å². The van der Waals surface area contributed by atoms with E-state index in [2.05, 4.69) is 20.0 Å². The molecule has 2 amide bonds. The summed E-state index contributed by atoms with van der Waals surface area (Å²) in [6, 6.07) is 6.44. The lowest BCUT2D eigenvalue weighted by Crippen LogP contribution is -2.48. The van der Waals surface area contributed by atoms with Crippen LogP contribution in [0.25, 0.3) is 0 Å². The molecule has 0 radical (unpaired) electrons. The smallest absolute Gasteiger partial charge is 0.337 e. The van der Waals surface area contributed by atoms with Gasteiger partial charge in [0, 0.05) is 38.8 Å². The van der Waals surface area contributed by atoms with Crippen LogP contribution in [0.4, 0.5) is 11.5 Å². The highest BCUT2D eigenvalue weighted by molar-refractivity contribution is 6.03. The van der Waals surface area contributed by atoms with Crippen molar-refractivity contribution in [3.05, 3.63) is 47.9 Å². The maximum absolute atomic E-state index is 12.4. The Morgan fingerprint density at radius 1 is 1.07 bits per heavy atom. The van der Waals surface area contributed by atoms with Crippen molar-refractivity contribution in [2.24, 2.45) is 0 Å². The molecule has 1 aliphatic rings. The topological polar surface area (TPSA) is 105 Å². The van der Waals surface area contributed by atoms with Crippen LogP contribution in [0.15, 0.2) is 36.7 Å². The molecule has 1 fully saturated rings. The summed E-state index contributed by atoms with van der Waals surface area (Å²) in [4.78, 5) is 47.7. The van der Waals surface area contributed by atoms with E-state index >= 15 is 0 Å². The number of methoxy groups -OCH3 is 1. The third-order valence-electron chi connectivity index (χ3n) is 4.46. The van der Waals surface area contributed by atoms with Crippen LogP contribution in [0.2, 0.25) is 0 Å². The Morgan fingerprint density at radius 2 is 1.82 bits per heavy atom. The first-order chi connectivity index (χ1) is 13.5. The minimum atomic E-state index is -0.481. The van der Waals surface area contributed by atoms with Crippen LogP contribution in [-0.2, 0) is 9.53 Å². The van der Waals surface area contributed by atoms with Crippen molar-refractivity contribution in [2.45, 2.75) is 6.92 Å². The number of rotatable bonds is 4. The second-order valence-corrected chi connectivity index (χ2v) is 6.28. The number of amides is 2. The Labute approximate surface area is 162 Å². The van der Waals surface area contributed by atoms with Gasteiger partial charge in [-0.15, -0.1) is 0 Å². The van der Waals surface area contributed by atoms with Crippen molar-refractivity contribution in [3.63, 3.8) is 0 Å². The highest BCUT2D eigenvalue weighted by Crippen LogP contribution is 2.15. The van der Waals surface area contributed by atoms with Crippen molar-refractivity contribution < 1.29 is 19.1 Å². The second kappa shape index (κ2) is 8.47. The van der Waals surface area contributed by atoms with Crippen molar-refractivity contribution in [2.75, 3.05) is 43.5 Å². The summed E-state index contributed by atoms with van der Waals surface area (Å²) in [5, 5.41) is 2.69. The minimum absolute atomic E-state index is 0.0639. The molecule has 1 aromatic carbocycles. The van der Waals surface area contributed by atoms with Crippen LogP contribution in [0, 0.1) is 0 Å². The molecule has 0 aliphatic carbocycles. The molecule has 9 nitrogen and oxygen atoms in total. The Kier molecular flexibility index (Phi) is 5.83. The van der Waals surface area contributed by atoms with Gasteiger partial charge in [0.1, 0.15) is 11.5 Å². The number of anilines is 2. The summed E-state index contributed by atoms with van der Waals surface area (Å²) < 4.78 is 4.67. The lowest BCUT2D eigenvalue weighted by atomic mass is 10.2. The monoisotopic (exact) mass is 383 g/mol. The molecular formula is C19H21N5O4. The fourth-order valence-corrected chi connectivity index (χ4v) is 2.89. The van der Waals surface area contributed by atoms with Gasteiger partial charge in [-0.05, 0) is 18.2 Å². The minimum Gasteiger partial charge on any atom is -0.465 e. The maximum Gasteiger partial charge on any atom is 0.337 e. The van der Waals surface area contributed by atoms with Crippen LogP contribution < -0.4 is 10.2 Å². The first-order valence-corrected chi connectivity index (χ1v) is 8.80. The quantitative estimate of drug-likeness (QED) is 0.791. The second-order valence-electron chi connectivity index (χ2n) is 6.28. The number of ether oxygens (including phenoxy) is 1. The Morgan fingerprint density at radius 3 is 2.43 bits per heavy atom. The van der Waals surface area contributed by atoms with E-state index in [1.165, 1.54) is 19.4 Å². The molecule has 0 unspecified atom stereocenters. The van der Waals surface area contributed by atoms with Crippen molar-refractivity contribution in [1.82, 2.24) is 14.9 Å². The van der Waals surface area contributed by atoms with Crippen LogP contribution in [0.5, 0.6) is 0 Å². The highest BCUT2D eigenvalue weighted by Gasteiger charge is 2.20. The highest BCUT2D eigenvalue weighted by atomic mass is 16.5. The fraction of sp³-hybridized carbons (Fsp3) is 0.316. The van der Waals surface area contributed by atoms with Gasteiger partial charge in [-0.2, -0.15) is 0 Å². The summed E-state index contributed by atoms with van der Waals surface area (Å²) in [6.45, 7) is 4.16. The van der Waals surface area contributed by atoms with Gasteiger partial charge >= 0.3 is 5.97 Å². The van der Waals surface area contributed by atoms with Gasteiger partial charge in [0.05, 0.1) is 25.1 Å². The zero-order chi connectivity index (χ0) is 20.1. The first-order valence-electron chi connectivity index (χ1n) is 8.80. The zero-order valence-corrected chi connectivity index (χ0v) is 15.7. The van der Waals surface area contributed by atoms with Gasteiger partial charge in [0.25, 0.3) is 5.91 Å². The summed E-state index contributed by atoms with van der Waals surface area (Å²) in [6.07, 6.45) is 2.95. The molecule has 0 spiro atoms. The molecule has 2 aromatic rings. The first kappa shape index (κ1) is 19.3. The number of carbonyl (C=O) groups is 3. The van der Waals surface area contributed by atoms with Crippen LogP contribution in [-0.4, -0.2) is 65.9 Å². The SMILES string of the molecule is COC(=O)c1cccc(NC(=O)c2cnc(N3CCN(C(C)=O)CC3)cn2)c1. The zero-order valence-electron chi connectivity index (χ0n) is 15.7. The van der Waals surface area contributed by atoms with Crippen molar-refractivity contribution in [1.29, 1.82) is 0 Å². The van der Waals surface area contributed by atoms with Crippen LogP contribution >= 0.6 is 0 Å².